The minimum atomic E-state index is 0.516. The van der Waals surface area contributed by atoms with Gasteiger partial charge in [-0.25, -0.2) is 4.98 Å². The van der Waals surface area contributed by atoms with Gasteiger partial charge in [0, 0.05) is 17.3 Å². The standard InChI is InChI=1S/C11H12N2OS/c1-8-6-9(12)2-3-10(8)14-7-11-13-4-5-15-11/h2-6H,7,12H2,1H3. The first-order valence-corrected chi connectivity index (χ1v) is 5.51. The van der Waals surface area contributed by atoms with Crippen LogP contribution < -0.4 is 10.5 Å². The Hall–Kier alpha value is -1.55. The molecular formula is C11H12N2OS. The molecule has 2 rings (SSSR count). The van der Waals surface area contributed by atoms with Gasteiger partial charge in [-0.1, -0.05) is 0 Å². The maximum absolute atomic E-state index is 5.65. The lowest BCUT2D eigenvalue weighted by molar-refractivity contribution is 0.303. The Balaban J connectivity index is 2.05. The van der Waals surface area contributed by atoms with Crippen molar-refractivity contribution in [3.05, 3.63) is 40.3 Å². The van der Waals surface area contributed by atoms with Crippen LogP contribution in [-0.2, 0) is 6.61 Å². The van der Waals surface area contributed by atoms with E-state index >= 15 is 0 Å². The third-order valence-electron chi connectivity index (χ3n) is 2.03. The summed E-state index contributed by atoms with van der Waals surface area (Å²) in [6.07, 6.45) is 1.78. The zero-order chi connectivity index (χ0) is 10.7. The van der Waals surface area contributed by atoms with Gasteiger partial charge < -0.3 is 10.5 Å². The van der Waals surface area contributed by atoms with Crippen molar-refractivity contribution < 1.29 is 4.74 Å². The van der Waals surface area contributed by atoms with Gasteiger partial charge in [0.2, 0.25) is 0 Å². The quantitative estimate of drug-likeness (QED) is 0.809. The van der Waals surface area contributed by atoms with Crippen molar-refractivity contribution in [3.8, 4) is 5.75 Å². The molecule has 0 spiro atoms. The molecule has 0 aliphatic heterocycles. The average molecular weight is 220 g/mol. The van der Waals surface area contributed by atoms with Crippen molar-refractivity contribution in [3.63, 3.8) is 0 Å². The van der Waals surface area contributed by atoms with Gasteiger partial charge in [0.1, 0.15) is 17.4 Å². The first kappa shape index (κ1) is 9.98. The number of nitrogen functional groups attached to an aromatic ring is 1. The van der Waals surface area contributed by atoms with Crippen molar-refractivity contribution in [1.29, 1.82) is 0 Å². The number of hydrogen-bond donors (Lipinski definition) is 1. The Morgan fingerprint density at radius 2 is 2.33 bits per heavy atom. The number of rotatable bonds is 3. The molecule has 0 saturated heterocycles. The first-order chi connectivity index (χ1) is 7.25. The van der Waals surface area contributed by atoms with Crippen molar-refractivity contribution in [2.24, 2.45) is 0 Å². The number of aromatic nitrogens is 1. The highest BCUT2D eigenvalue weighted by Crippen LogP contribution is 2.21. The van der Waals surface area contributed by atoms with Gasteiger partial charge in [-0.2, -0.15) is 0 Å². The highest BCUT2D eigenvalue weighted by Gasteiger charge is 2.01. The van der Waals surface area contributed by atoms with E-state index in [9.17, 15) is 0 Å². The van der Waals surface area contributed by atoms with E-state index in [0.717, 1.165) is 22.0 Å². The van der Waals surface area contributed by atoms with Crippen molar-refractivity contribution in [2.75, 3.05) is 5.73 Å². The van der Waals surface area contributed by atoms with E-state index in [1.165, 1.54) is 0 Å². The summed E-state index contributed by atoms with van der Waals surface area (Å²) in [4.78, 5) is 4.15. The molecule has 0 aliphatic carbocycles. The van der Waals surface area contributed by atoms with Crippen molar-refractivity contribution in [2.45, 2.75) is 13.5 Å². The summed E-state index contributed by atoms with van der Waals surface area (Å²) in [5.74, 6) is 0.861. The van der Waals surface area contributed by atoms with Crippen LogP contribution in [0, 0.1) is 6.92 Å². The highest BCUT2D eigenvalue weighted by molar-refractivity contribution is 7.09. The van der Waals surface area contributed by atoms with Gasteiger partial charge in [-0.3, -0.25) is 0 Å². The number of nitrogens with zero attached hydrogens (tertiary/aromatic N) is 1. The summed E-state index contributed by atoms with van der Waals surface area (Å²) in [7, 11) is 0. The van der Waals surface area contributed by atoms with Crippen LogP contribution in [0.2, 0.25) is 0 Å². The van der Waals surface area contributed by atoms with Crippen LogP contribution in [0.1, 0.15) is 10.6 Å². The fraction of sp³-hybridized carbons (Fsp3) is 0.182. The number of hydrogen-bond acceptors (Lipinski definition) is 4. The molecule has 3 nitrogen and oxygen atoms in total. The molecule has 0 radical (unpaired) electrons. The lowest BCUT2D eigenvalue weighted by Crippen LogP contribution is -1.97. The second-order valence-electron chi connectivity index (χ2n) is 3.24. The Morgan fingerprint density at radius 1 is 1.47 bits per heavy atom. The normalized spacial score (nSPS) is 10.2. The maximum Gasteiger partial charge on any atom is 0.140 e. The third kappa shape index (κ3) is 2.47. The van der Waals surface area contributed by atoms with Crippen molar-refractivity contribution >= 4 is 17.0 Å². The molecule has 2 N–H and O–H groups in total. The summed E-state index contributed by atoms with van der Waals surface area (Å²) in [6.45, 7) is 2.50. The van der Waals surface area contributed by atoms with E-state index in [1.54, 1.807) is 17.5 Å². The second-order valence-corrected chi connectivity index (χ2v) is 4.22. The fourth-order valence-electron chi connectivity index (χ4n) is 1.30. The van der Waals surface area contributed by atoms with Gasteiger partial charge in [-0.15, -0.1) is 11.3 Å². The molecule has 0 fully saturated rings. The molecule has 0 aliphatic rings. The fourth-order valence-corrected chi connectivity index (χ4v) is 1.83. The van der Waals surface area contributed by atoms with E-state index in [1.807, 2.05) is 30.5 Å². The topological polar surface area (TPSA) is 48.1 Å². The molecule has 0 unspecified atom stereocenters. The average Bonchev–Trinajstić information content (AvgIpc) is 2.69. The molecule has 0 saturated carbocycles. The van der Waals surface area contributed by atoms with Crippen LogP contribution in [-0.4, -0.2) is 4.98 Å². The predicted molar refractivity (Wildman–Crippen MR) is 62.0 cm³/mol. The van der Waals surface area contributed by atoms with E-state index < -0.39 is 0 Å². The van der Waals surface area contributed by atoms with Crippen LogP contribution in [0.25, 0.3) is 0 Å². The van der Waals surface area contributed by atoms with E-state index in [2.05, 4.69) is 4.98 Å². The smallest absolute Gasteiger partial charge is 0.140 e. The van der Waals surface area contributed by atoms with Crippen LogP contribution >= 0.6 is 11.3 Å². The van der Waals surface area contributed by atoms with E-state index in [-0.39, 0.29) is 0 Å². The Kier molecular flexibility index (Phi) is 2.87. The summed E-state index contributed by atoms with van der Waals surface area (Å²) >= 11 is 1.59. The molecular weight excluding hydrogens is 208 g/mol. The minimum absolute atomic E-state index is 0.516. The number of anilines is 1. The number of thiazole rings is 1. The van der Waals surface area contributed by atoms with Crippen LogP contribution in [0.3, 0.4) is 0 Å². The molecule has 78 valence electrons. The Morgan fingerprint density at radius 3 is 3.00 bits per heavy atom. The van der Waals surface area contributed by atoms with Crippen LogP contribution in [0.5, 0.6) is 5.75 Å². The Bertz CT molecular complexity index is 440. The molecule has 1 aromatic heterocycles. The number of ether oxygens (including phenoxy) is 1. The lowest BCUT2D eigenvalue weighted by Gasteiger charge is -2.07. The largest absolute Gasteiger partial charge is 0.486 e. The molecule has 15 heavy (non-hydrogen) atoms. The minimum Gasteiger partial charge on any atom is -0.486 e. The van der Waals surface area contributed by atoms with Crippen LogP contribution in [0.4, 0.5) is 5.69 Å². The van der Waals surface area contributed by atoms with Gasteiger partial charge in [0.15, 0.2) is 0 Å². The molecule has 0 amide bonds. The summed E-state index contributed by atoms with van der Waals surface area (Å²) in [5, 5.41) is 2.92. The monoisotopic (exact) mass is 220 g/mol. The SMILES string of the molecule is Cc1cc(N)ccc1OCc1nccs1. The van der Waals surface area contributed by atoms with Gasteiger partial charge >= 0.3 is 0 Å². The van der Waals surface area contributed by atoms with Gasteiger partial charge in [-0.05, 0) is 30.7 Å². The number of nitrogens with two attached hydrogens (primary N) is 1. The molecule has 2 aromatic rings. The summed E-state index contributed by atoms with van der Waals surface area (Å²) in [6, 6.07) is 5.62. The third-order valence-corrected chi connectivity index (χ3v) is 2.79. The summed E-state index contributed by atoms with van der Waals surface area (Å²) in [5.41, 5.74) is 7.46. The molecule has 1 heterocycles. The predicted octanol–water partition coefficient (Wildman–Crippen LogP) is 2.61. The van der Waals surface area contributed by atoms with Gasteiger partial charge in [0.25, 0.3) is 0 Å². The van der Waals surface area contributed by atoms with Crippen LogP contribution in [0.15, 0.2) is 29.8 Å². The molecule has 0 bridgehead atoms. The molecule has 1 aromatic carbocycles. The second kappa shape index (κ2) is 4.31. The van der Waals surface area contributed by atoms with E-state index in [4.69, 9.17) is 10.5 Å². The zero-order valence-corrected chi connectivity index (χ0v) is 9.25. The maximum atomic E-state index is 5.65. The highest BCUT2D eigenvalue weighted by atomic mass is 32.1. The summed E-state index contributed by atoms with van der Waals surface area (Å²) < 4.78 is 5.63. The Labute approximate surface area is 92.5 Å². The first-order valence-electron chi connectivity index (χ1n) is 4.63. The van der Waals surface area contributed by atoms with Crippen molar-refractivity contribution in [1.82, 2.24) is 4.98 Å². The molecule has 0 atom stereocenters. The van der Waals surface area contributed by atoms with E-state index in [0.29, 0.717) is 6.61 Å². The van der Waals surface area contributed by atoms with Gasteiger partial charge in [0.05, 0.1) is 0 Å². The number of benzene rings is 1. The zero-order valence-electron chi connectivity index (χ0n) is 8.43. The lowest BCUT2D eigenvalue weighted by atomic mass is 10.2. The molecule has 4 heteroatoms. The number of aryl methyl sites for hydroxylation is 1.